The van der Waals surface area contributed by atoms with E-state index in [1.807, 2.05) is 42.5 Å². The van der Waals surface area contributed by atoms with Gasteiger partial charge >= 0.3 is 6.03 Å². The lowest BCUT2D eigenvalue weighted by atomic mass is 10.0. The number of carbonyl (C=O) groups is 2. The summed E-state index contributed by atoms with van der Waals surface area (Å²) in [6.07, 6.45) is 5.03. The van der Waals surface area contributed by atoms with Crippen molar-refractivity contribution < 1.29 is 9.59 Å². The maximum atomic E-state index is 12.8. The minimum absolute atomic E-state index is 0.0860. The third-order valence-corrected chi connectivity index (χ3v) is 5.03. The smallest absolute Gasteiger partial charge is 0.305 e. The summed E-state index contributed by atoms with van der Waals surface area (Å²) in [4.78, 5) is 28.6. The average molecular weight is 290 g/mol. The summed E-state index contributed by atoms with van der Waals surface area (Å²) >= 11 is 0. The van der Waals surface area contributed by atoms with Crippen molar-refractivity contribution in [2.45, 2.75) is 18.5 Å². The van der Waals surface area contributed by atoms with E-state index < -0.39 is 0 Å². The molecule has 0 spiro atoms. The van der Waals surface area contributed by atoms with E-state index in [1.165, 1.54) is 4.90 Å². The third kappa shape index (κ3) is 1.37. The van der Waals surface area contributed by atoms with Crippen LogP contribution >= 0.6 is 0 Å². The fraction of sp³-hybridized carbons (Fsp3) is 0.222. The van der Waals surface area contributed by atoms with Gasteiger partial charge in [0.05, 0.1) is 11.7 Å². The zero-order valence-electron chi connectivity index (χ0n) is 11.8. The summed E-state index contributed by atoms with van der Waals surface area (Å²) in [6, 6.07) is 13.3. The summed E-state index contributed by atoms with van der Waals surface area (Å²) in [7, 11) is 0. The van der Waals surface area contributed by atoms with Crippen molar-refractivity contribution in [2.24, 2.45) is 5.92 Å². The van der Waals surface area contributed by atoms with Crippen molar-refractivity contribution in [1.82, 2.24) is 4.90 Å². The number of rotatable bonds is 1. The lowest BCUT2D eigenvalue weighted by Crippen LogP contribution is -2.38. The first-order chi connectivity index (χ1) is 10.7. The number of benzene rings is 2. The molecule has 0 saturated carbocycles. The molecular formula is C18H14N2O2. The molecule has 2 bridgehead atoms. The quantitative estimate of drug-likeness (QED) is 0.598. The van der Waals surface area contributed by atoms with Crippen LogP contribution in [0.15, 0.2) is 54.6 Å². The first-order valence-corrected chi connectivity index (χ1v) is 7.57. The Balaban J connectivity index is 1.60. The Hall–Kier alpha value is -2.62. The molecule has 3 amide bonds. The van der Waals surface area contributed by atoms with Crippen LogP contribution in [0, 0.1) is 5.92 Å². The Morgan fingerprint density at radius 2 is 1.77 bits per heavy atom. The van der Waals surface area contributed by atoms with E-state index in [9.17, 15) is 9.59 Å². The molecule has 2 fully saturated rings. The molecule has 1 aliphatic carbocycles. The summed E-state index contributed by atoms with van der Waals surface area (Å²) in [6.45, 7) is 0. The fourth-order valence-electron chi connectivity index (χ4n) is 4.02. The summed E-state index contributed by atoms with van der Waals surface area (Å²) in [5, 5.41) is 2.14. The van der Waals surface area contributed by atoms with Crippen molar-refractivity contribution in [3.05, 3.63) is 54.6 Å². The molecule has 108 valence electrons. The second-order valence-corrected chi connectivity index (χ2v) is 6.19. The standard InChI is InChI=1S/C18H14N2O2/c21-17-16-13-6-8-14(10-13)19(16)18(22)20(17)15-7-5-11-3-1-2-4-12(11)9-15/h1-9,13-14,16H,10H2/t13-,14+,16-/m1/s1. The van der Waals surface area contributed by atoms with Gasteiger partial charge in [0.15, 0.2) is 0 Å². The van der Waals surface area contributed by atoms with Crippen LogP contribution in [0.25, 0.3) is 10.8 Å². The maximum absolute atomic E-state index is 12.8. The van der Waals surface area contributed by atoms with Gasteiger partial charge in [0.2, 0.25) is 0 Å². The van der Waals surface area contributed by atoms with Crippen LogP contribution in [0.4, 0.5) is 10.5 Å². The lowest BCUT2D eigenvalue weighted by molar-refractivity contribution is -0.119. The molecule has 0 aromatic heterocycles. The molecule has 4 heteroatoms. The molecule has 2 aromatic carbocycles. The first kappa shape index (κ1) is 12.0. The molecule has 4 nitrogen and oxygen atoms in total. The number of nitrogens with zero attached hydrogens (tertiary/aromatic N) is 2. The first-order valence-electron chi connectivity index (χ1n) is 7.57. The van der Waals surface area contributed by atoms with Crippen molar-refractivity contribution in [3.8, 4) is 0 Å². The lowest BCUT2D eigenvalue weighted by Gasteiger charge is -2.22. The number of imide groups is 1. The number of urea groups is 1. The molecule has 0 N–H and O–H groups in total. The molecule has 3 atom stereocenters. The zero-order valence-corrected chi connectivity index (χ0v) is 11.8. The van der Waals surface area contributed by atoms with Gasteiger partial charge in [0.1, 0.15) is 6.04 Å². The van der Waals surface area contributed by atoms with Gasteiger partial charge in [-0.1, -0.05) is 42.5 Å². The molecule has 3 aliphatic rings. The van der Waals surface area contributed by atoms with E-state index in [-0.39, 0.29) is 29.9 Å². The van der Waals surface area contributed by atoms with E-state index >= 15 is 0 Å². The summed E-state index contributed by atoms with van der Waals surface area (Å²) in [5.41, 5.74) is 0.669. The van der Waals surface area contributed by atoms with Gasteiger partial charge in [0.25, 0.3) is 5.91 Å². The number of hydrogen-bond donors (Lipinski definition) is 0. The van der Waals surface area contributed by atoms with Crippen LogP contribution in [0.1, 0.15) is 6.42 Å². The van der Waals surface area contributed by atoms with Crippen LogP contribution in [0.3, 0.4) is 0 Å². The topological polar surface area (TPSA) is 40.6 Å². The van der Waals surface area contributed by atoms with E-state index in [1.54, 1.807) is 4.90 Å². The highest BCUT2D eigenvalue weighted by atomic mass is 16.2. The molecule has 0 radical (unpaired) electrons. The largest absolute Gasteiger partial charge is 0.332 e. The normalized spacial score (nSPS) is 29.0. The Morgan fingerprint density at radius 1 is 0.955 bits per heavy atom. The third-order valence-electron chi connectivity index (χ3n) is 5.03. The van der Waals surface area contributed by atoms with Crippen molar-refractivity contribution in [2.75, 3.05) is 4.90 Å². The van der Waals surface area contributed by atoms with Crippen molar-refractivity contribution in [1.29, 1.82) is 0 Å². The van der Waals surface area contributed by atoms with Crippen molar-refractivity contribution in [3.63, 3.8) is 0 Å². The average Bonchev–Trinajstić information content (AvgIpc) is 3.21. The number of amides is 3. The molecule has 2 saturated heterocycles. The Bertz CT molecular complexity index is 827. The van der Waals surface area contributed by atoms with Gasteiger partial charge < -0.3 is 4.90 Å². The second-order valence-electron chi connectivity index (χ2n) is 6.19. The fourth-order valence-corrected chi connectivity index (χ4v) is 4.02. The molecular weight excluding hydrogens is 276 g/mol. The van der Waals surface area contributed by atoms with Crippen LogP contribution in [-0.4, -0.2) is 28.9 Å². The molecule has 22 heavy (non-hydrogen) atoms. The molecule has 2 aromatic rings. The predicted octanol–water partition coefficient (Wildman–Crippen LogP) is 2.94. The van der Waals surface area contributed by atoms with E-state index in [4.69, 9.17) is 0 Å². The monoisotopic (exact) mass is 290 g/mol. The Labute approximate surface area is 127 Å². The number of fused-ring (bicyclic) bond motifs is 6. The van der Waals surface area contributed by atoms with Crippen LogP contribution in [0.5, 0.6) is 0 Å². The number of anilines is 1. The van der Waals surface area contributed by atoms with Gasteiger partial charge in [-0.15, -0.1) is 0 Å². The summed E-state index contributed by atoms with van der Waals surface area (Å²) < 4.78 is 0. The predicted molar refractivity (Wildman–Crippen MR) is 83.5 cm³/mol. The van der Waals surface area contributed by atoms with Gasteiger partial charge in [0, 0.05) is 5.92 Å². The van der Waals surface area contributed by atoms with Crippen LogP contribution in [-0.2, 0) is 4.79 Å². The van der Waals surface area contributed by atoms with Crippen LogP contribution < -0.4 is 4.90 Å². The SMILES string of the molecule is O=C1[C@H]2[C@@H]3C=C[C@@H](C3)N2C(=O)N1c1ccc2ccccc2c1. The zero-order chi connectivity index (χ0) is 14.8. The Kier molecular flexibility index (Phi) is 2.16. The minimum Gasteiger partial charge on any atom is -0.305 e. The van der Waals surface area contributed by atoms with Crippen LogP contribution in [0.2, 0.25) is 0 Å². The number of hydrogen-bond acceptors (Lipinski definition) is 2. The van der Waals surface area contributed by atoms with Gasteiger partial charge in [-0.2, -0.15) is 0 Å². The van der Waals surface area contributed by atoms with Crippen molar-refractivity contribution >= 4 is 28.4 Å². The van der Waals surface area contributed by atoms with E-state index in [2.05, 4.69) is 12.2 Å². The molecule has 2 aliphatic heterocycles. The molecule has 5 rings (SSSR count). The molecule has 0 unspecified atom stereocenters. The highest BCUT2D eigenvalue weighted by Gasteiger charge is 2.57. The molecule has 2 heterocycles. The highest BCUT2D eigenvalue weighted by molar-refractivity contribution is 6.22. The summed E-state index contributed by atoms with van der Waals surface area (Å²) in [5.74, 6) is 0.101. The van der Waals surface area contributed by atoms with E-state index in [0.717, 1.165) is 17.2 Å². The number of carbonyl (C=O) groups excluding carboxylic acids is 2. The Morgan fingerprint density at radius 3 is 2.59 bits per heavy atom. The highest BCUT2D eigenvalue weighted by Crippen LogP contribution is 2.43. The van der Waals surface area contributed by atoms with E-state index in [0.29, 0.717) is 5.69 Å². The van der Waals surface area contributed by atoms with Gasteiger partial charge in [-0.3, -0.25) is 4.79 Å². The van der Waals surface area contributed by atoms with Gasteiger partial charge in [-0.25, -0.2) is 9.69 Å². The second kappa shape index (κ2) is 3.97. The minimum atomic E-state index is -0.297. The maximum Gasteiger partial charge on any atom is 0.332 e. The van der Waals surface area contributed by atoms with Gasteiger partial charge in [-0.05, 0) is 29.3 Å².